The smallest absolute Gasteiger partial charge is 0.404 e. The number of amides is 2. The fraction of sp³-hybridized carbons (Fsp3) is 0.267. The van der Waals surface area contributed by atoms with Gasteiger partial charge in [-0.2, -0.15) is 0 Å². The van der Waals surface area contributed by atoms with Crippen LogP contribution < -0.4 is 10.6 Å². The summed E-state index contributed by atoms with van der Waals surface area (Å²) in [5, 5.41) is 15.2. The number of nitrogens with one attached hydrogen (secondary N) is 2. The highest BCUT2D eigenvalue weighted by Gasteiger charge is 2.30. The van der Waals surface area contributed by atoms with E-state index < -0.39 is 11.9 Å². The number of carbonyl (C=O) groups excluding carboxylic acids is 1. The summed E-state index contributed by atoms with van der Waals surface area (Å²) in [7, 11) is 0. The molecule has 1 fully saturated rings. The van der Waals surface area contributed by atoms with Crippen molar-refractivity contribution in [1.29, 1.82) is 0 Å². The molecule has 0 aliphatic carbocycles. The number of carboxylic acid groups (broad SMARTS) is 1. The van der Waals surface area contributed by atoms with E-state index in [2.05, 4.69) is 27.7 Å². The number of nitrogens with zero attached hydrogens (tertiary/aromatic N) is 1. The van der Waals surface area contributed by atoms with Gasteiger partial charge in [0.15, 0.2) is 0 Å². The van der Waals surface area contributed by atoms with Crippen LogP contribution in [0.15, 0.2) is 71.3 Å². The zero-order chi connectivity index (χ0) is 27.4. The van der Waals surface area contributed by atoms with Crippen molar-refractivity contribution in [1.82, 2.24) is 15.5 Å². The summed E-state index contributed by atoms with van der Waals surface area (Å²) in [5.41, 5.74) is 4.97. The van der Waals surface area contributed by atoms with Crippen LogP contribution in [0.25, 0.3) is 22.1 Å². The monoisotopic (exact) mass is 549 g/mol. The maximum atomic E-state index is 14.2. The molecule has 1 atom stereocenters. The number of hydrogen-bond donors (Lipinski definition) is 3. The Morgan fingerprint density at radius 3 is 2.74 bits per heavy atom. The molecule has 0 bridgehead atoms. The van der Waals surface area contributed by atoms with Crippen molar-refractivity contribution in [3.8, 4) is 11.1 Å². The summed E-state index contributed by atoms with van der Waals surface area (Å²) in [6.07, 6.45) is 3.01. The van der Waals surface area contributed by atoms with Gasteiger partial charge in [-0.05, 0) is 72.8 Å². The van der Waals surface area contributed by atoms with E-state index in [1.54, 1.807) is 18.4 Å². The summed E-state index contributed by atoms with van der Waals surface area (Å²) in [6, 6.07) is 18.4. The molecule has 9 heteroatoms. The van der Waals surface area contributed by atoms with Crippen LogP contribution in [-0.2, 0) is 24.3 Å². The van der Waals surface area contributed by atoms with Gasteiger partial charge in [0.2, 0.25) is 5.91 Å². The van der Waals surface area contributed by atoms with Gasteiger partial charge < -0.3 is 20.2 Å². The molecule has 7 nitrogen and oxygen atoms in total. The van der Waals surface area contributed by atoms with E-state index in [0.717, 1.165) is 59.0 Å². The normalized spacial score (nSPS) is 15.5. The van der Waals surface area contributed by atoms with Crippen LogP contribution in [0.1, 0.15) is 29.5 Å². The van der Waals surface area contributed by atoms with Gasteiger partial charge in [0.05, 0.1) is 17.3 Å². The molecule has 2 amide bonds. The van der Waals surface area contributed by atoms with Crippen molar-refractivity contribution in [3.05, 3.63) is 94.5 Å². The van der Waals surface area contributed by atoms with Gasteiger partial charge in [-0.15, -0.1) is 0 Å². The zero-order valence-corrected chi connectivity index (χ0v) is 22.0. The van der Waals surface area contributed by atoms with Gasteiger partial charge in [0, 0.05) is 36.1 Å². The maximum absolute atomic E-state index is 14.2. The minimum atomic E-state index is -1.07. The molecule has 39 heavy (non-hydrogen) atoms. The minimum Gasteiger partial charge on any atom is -0.465 e. The van der Waals surface area contributed by atoms with Crippen LogP contribution in [0, 0.1) is 5.82 Å². The quantitative estimate of drug-likeness (QED) is 0.239. The summed E-state index contributed by atoms with van der Waals surface area (Å²) in [4.78, 5) is 26.1. The van der Waals surface area contributed by atoms with Crippen molar-refractivity contribution in [3.63, 3.8) is 0 Å². The van der Waals surface area contributed by atoms with E-state index in [9.17, 15) is 14.0 Å². The molecule has 1 saturated heterocycles. The first kappa shape index (κ1) is 26.7. The van der Waals surface area contributed by atoms with Crippen molar-refractivity contribution < 1.29 is 23.5 Å². The summed E-state index contributed by atoms with van der Waals surface area (Å²) in [5.74, 6) is -0.610. The van der Waals surface area contributed by atoms with Crippen LogP contribution in [0.3, 0.4) is 0 Å². The molecule has 0 saturated carbocycles. The fourth-order valence-corrected chi connectivity index (χ4v) is 5.37. The molecule has 2 heterocycles. The third-order valence-electron chi connectivity index (χ3n) is 7.13. The van der Waals surface area contributed by atoms with Crippen molar-refractivity contribution in [2.45, 2.75) is 38.4 Å². The Morgan fingerprint density at radius 1 is 1.05 bits per heavy atom. The molecule has 3 N–H and O–H groups in total. The predicted octanol–water partition coefficient (Wildman–Crippen LogP) is 5.98. The summed E-state index contributed by atoms with van der Waals surface area (Å²) in [6.45, 7) is 1.84. The highest BCUT2D eigenvalue weighted by molar-refractivity contribution is 6.30. The lowest BCUT2D eigenvalue weighted by Crippen LogP contribution is -2.43. The summed E-state index contributed by atoms with van der Waals surface area (Å²) >= 11 is 5.87. The predicted molar refractivity (Wildman–Crippen MR) is 148 cm³/mol. The topological polar surface area (TPSA) is 94.8 Å². The van der Waals surface area contributed by atoms with Gasteiger partial charge in [-0.3, -0.25) is 9.69 Å². The molecule has 1 aliphatic heterocycles. The van der Waals surface area contributed by atoms with Crippen LogP contribution in [0.4, 0.5) is 9.18 Å². The van der Waals surface area contributed by atoms with E-state index >= 15 is 0 Å². The molecular formula is C30H29ClFN3O4. The first-order valence-corrected chi connectivity index (χ1v) is 13.3. The number of rotatable bonds is 9. The minimum absolute atomic E-state index is 0.0434. The van der Waals surface area contributed by atoms with E-state index in [1.807, 2.05) is 30.3 Å². The Morgan fingerprint density at radius 2 is 1.90 bits per heavy atom. The number of halogens is 2. The first-order chi connectivity index (χ1) is 18.9. The first-order valence-electron chi connectivity index (χ1n) is 12.9. The van der Waals surface area contributed by atoms with Crippen LogP contribution in [0.5, 0.6) is 0 Å². The number of likely N-dealkylation sites (tertiary alicyclic amines) is 1. The maximum Gasteiger partial charge on any atom is 0.404 e. The second-order valence-electron chi connectivity index (χ2n) is 9.72. The lowest BCUT2D eigenvalue weighted by atomic mass is 9.97. The molecule has 0 radical (unpaired) electrons. The number of benzene rings is 3. The number of furan rings is 1. The lowest BCUT2D eigenvalue weighted by molar-refractivity contribution is -0.125. The Bertz CT molecular complexity index is 1500. The average Bonchev–Trinajstić information content (AvgIpc) is 3.61. The third-order valence-corrected chi connectivity index (χ3v) is 7.42. The van der Waals surface area contributed by atoms with Crippen LogP contribution in [0.2, 0.25) is 5.02 Å². The Balaban J connectivity index is 1.28. The van der Waals surface area contributed by atoms with Gasteiger partial charge in [0.25, 0.3) is 0 Å². The van der Waals surface area contributed by atoms with Crippen LogP contribution in [-0.4, -0.2) is 41.1 Å². The zero-order valence-electron chi connectivity index (χ0n) is 21.3. The average molecular weight is 550 g/mol. The molecule has 1 aliphatic rings. The second-order valence-corrected chi connectivity index (χ2v) is 10.1. The highest BCUT2D eigenvalue weighted by atomic mass is 35.5. The van der Waals surface area contributed by atoms with E-state index in [0.29, 0.717) is 12.1 Å². The van der Waals surface area contributed by atoms with Gasteiger partial charge >= 0.3 is 6.09 Å². The van der Waals surface area contributed by atoms with Gasteiger partial charge in [-0.25, -0.2) is 9.18 Å². The SMILES string of the molecule is O=C(O)NCc1cccc(-c2cc(CCN3CCC[C@H]3C(=O)NCc3cccc(Cl)c3F)cc3ccoc23)c1. The molecular weight excluding hydrogens is 521 g/mol. The van der Waals surface area contributed by atoms with E-state index in [4.69, 9.17) is 21.1 Å². The molecule has 1 aromatic heterocycles. The highest BCUT2D eigenvalue weighted by Crippen LogP contribution is 2.32. The largest absolute Gasteiger partial charge is 0.465 e. The van der Waals surface area contributed by atoms with Crippen molar-refractivity contribution >= 4 is 34.6 Å². The molecule has 0 spiro atoms. The molecule has 3 aromatic carbocycles. The van der Waals surface area contributed by atoms with Gasteiger partial charge in [0.1, 0.15) is 11.4 Å². The Labute approximate surface area is 230 Å². The molecule has 5 rings (SSSR count). The Kier molecular flexibility index (Phi) is 8.14. The molecule has 0 unspecified atom stereocenters. The van der Waals surface area contributed by atoms with Crippen molar-refractivity contribution in [2.75, 3.05) is 13.1 Å². The van der Waals surface area contributed by atoms with E-state index in [-0.39, 0.29) is 30.1 Å². The number of fused-ring (bicyclic) bond motifs is 1. The molecule has 202 valence electrons. The number of carbonyl (C=O) groups is 2. The summed E-state index contributed by atoms with van der Waals surface area (Å²) < 4.78 is 20.0. The lowest BCUT2D eigenvalue weighted by Gasteiger charge is -2.24. The Hall–Kier alpha value is -3.88. The molecule has 4 aromatic rings. The van der Waals surface area contributed by atoms with Gasteiger partial charge in [-0.1, -0.05) is 41.9 Å². The number of hydrogen-bond acceptors (Lipinski definition) is 4. The van der Waals surface area contributed by atoms with Crippen molar-refractivity contribution in [2.24, 2.45) is 0 Å². The van der Waals surface area contributed by atoms with E-state index in [1.165, 1.54) is 6.07 Å². The third kappa shape index (κ3) is 6.24. The standard InChI is InChI=1S/C30H29ClFN3O4/c31-25-7-2-6-23(27(25)32)18-33-29(36)26-8-3-11-35(26)12-9-19-14-22-10-13-39-28(22)24(16-19)21-5-1-4-20(15-21)17-34-30(37)38/h1-2,4-7,10,13-16,26,34H,3,8-9,11-12,17-18H2,(H,33,36)(H,37,38)/t26-/m0/s1. The fourth-order valence-electron chi connectivity index (χ4n) is 5.18. The van der Waals surface area contributed by atoms with Crippen LogP contribution >= 0.6 is 11.6 Å². The second kappa shape index (κ2) is 11.9.